The van der Waals surface area contributed by atoms with Crippen molar-refractivity contribution in [2.75, 3.05) is 0 Å². The van der Waals surface area contributed by atoms with Gasteiger partial charge in [-0.25, -0.2) is 0 Å². The number of sulfonamides is 1. The quantitative estimate of drug-likeness (QED) is 0.713. The Labute approximate surface area is 139 Å². The van der Waals surface area contributed by atoms with Gasteiger partial charge in [-0.15, -0.1) is 4.40 Å². The fraction of sp³-hybridized carbons (Fsp3) is 0.235. The maximum Gasteiger partial charge on any atom is 0.285 e. The molecular formula is C17H18N2O2S2. The van der Waals surface area contributed by atoms with E-state index in [-0.39, 0.29) is 4.90 Å². The number of fused-ring (bicyclic) bond motifs is 1. The number of rotatable bonds is 2. The summed E-state index contributed by atoms with van der Waals surface area (Å²) in [7, 11) is -1.86. The molecule has 1 heterocycles. The molecule has 0 atom stereocenters. The third-order valence-electron chi connectivity index (χ3n) is 3.94. The zero-order valence-corrected chi connectivity index (χ0v) is 15.1. The molecule has 0 aliphatic heterocycles. The van der Waals surface area contributed by atoms with Gasteiger partial charge < -0.3 is 4.57 Å². The summed E-state index contributed by atoms with van der Waals surface area (Å²) >= 11 is 1.39. The van der Waals surface area contributed by atoms with Crippen molar-refractivity contribution in [1.29, 1.82) is 0 Å². The maximum atomic E-state index is 12.5. The van der Waals surface area contributed by atoms with E-state index >= 15 is 0 Å². The molecule has 0 N–H and O–H groups in total. The summed E-state index contributed by atoms with van der Waals surface area (Å²) in [5, 5.41) is 0. The number of aromatic nitrogens is 1. The summed E-state index contributed by atoms with van der Waals surface area (Å²) < 4.78 is 31.9. The molecule has 0 aliphatic carbocycles. The van der Waals surface area contributed by atoms with Crippen LogP contribution in [0.5, 0.6) is 0 Å². The molecule has 2 aromatic carbocycles. The molecule has 0 radical (unpaired) electrons. The fourth-order valence-electron chi connectivity index (χ4n) is 2.33. The Kier molecular flexibility index (Phi) is 3.90. The first kappa shape index (κ1) is 16.0. The van der Waals surface area contributed by atoms with Crippen molar-refractivity contribution in [2.45, 2.75) is 25.7 Å². The van der Waals surface area contributed by atoms with Gasteiger partial charge in [0, 0.05) is 7.05 Å². The lowest BCUT2D eigenvalue weighted by Crippen LogP contribution is -2.13. The summed E-state index contributed by atoms with van der Waals surface area (Å²) in [4.78, 5) is 0.693. The van der Waals surface area contributed by atoms with Crippen molar-refractivity contribution in [3.05, 3.63) is 57.9 Å². The predicted molar refractivity (Wildman–Crippen MR) is 94.2 cm³/mol. The van der Waals surface area contributed by atoms with Crippen molar-refractivity contribution in [3.63, 3.8) is 0 Å². The van der Waals surface area contributed by atoms with E-state index in [1.807, 2.05) is 32.4 Å². The van der Waals surface area contributed by atoms with E-state index in [0.717, 1.165) is 15.8 Å². The van der Waals surface area contributed by atoms with E-state index < -0.39 is 10.0 Å². The second kappa shape index (κ2) is 5.62. The number of thiazole rings is 1. The number of nitrogens with zero attached hydrogens (tertiary/aromatic N) is 2. The second-order valence-corrected chi connectivity index (χ2v) is 8.34. The molecule has 3 aromatic rings. The van der Waals surface area contributed by atoms with E-state index in [4.69, 9.17) is 0 Å². The molecule has 0 aliphatic rings. The Morgan fingerprint density at radius 1 is 1.00 bits per heavy atom. The van der Waals surface area contributed by atoms with E-state index in [9.17, 15) is 8.42 Å². The van der Waals surface area contributed by atoms with Crippen LogP contribution in [0.4, 0.5) is 0 Å². The zero-order valence-electron chi connectivity index (χ0n) is 13.5. The molecular weight excluding hydrogens is 328 g/mol. The minimum atomic E-state index is -3.71. The first-order chi connectivity index (χ1) is 10.8. The van der Waals surface area contributed by atoms with Gasteiger partial charge in [0.2, 0.25) is 4.80 Å². The van der Waals surface area contributed by atoms with Crippen LogP contribution in [-0.2, 0) is 17.1 Å². The van der Waals surface area contributed by atoms with Gasteiger partial charge >= 0.3 is 0 Å². The predicted octanol–water partition coefficient (Wildman–Crippen LogP) is 3.45. The van der Waals surface area contributed by atoms with E-state index in [1.54, 1.807) is 24.3 Å². The van der Waals surface area contributed by atoms with Crippen molar-refractivity contribution in [1.82, 2.24) is 4.57 Å². The number of hydrogen-bond acceptors (Lipinski definition) is 3. The Hall–Kier alpha value is -1.92. The van der Waals surface area contributed by atoms with Gasteiger partial charge in [0.25, 0.3) is 10.0 Å². The Bertz CT molecular complexity index is 1060. The van der Waals surface area contributed by atoms with Gasteiger partial charge in [-0.05, 0) is 56.2 Å². The molecule has 0 fully saturated rings. The maximum absolute atomic E-state index is 12.5. The highest BCUT2D eigenvalue weighted by molar-refractivity contribution is 7.90. The SMILES string of the molecule is Cc1ccc(S(=O)(=O)N=c2sc3cc(C)c(C)cc3n2C)cc1. The summed E-state index contributed by atoms with van der Waals surface area (Å²) in [5.74, 6) is 0. The lowest BCUT2D eigenvalue weighted by Gasteiger charge is -2.01. The van der Waals surface area contributed by atoms with Gasteiger partial charge in [-0.3, -0.25) is 0 Å². The van der Waals surface area contributed by atoms with Gasteiger partial charge in [-0.1, -0.05) is 29.0 Å². The number of aryl methyl sites for hydroxylation is 4. The summed E-state index contributed by atoms with van der Waals surface area (Å²) in [6, 6.07) is 10.9. The van der Waals surface area contributed by atoms with Gasteiger partial charge in [0.15, 0.2) is 0 Å². The third-order valence-corrected chi connectivity index (χ3v) is 6.43. The Morgan fingerprint density at radius 3 is 2.26 bits per heavy atom. The summed E-state index contributed by atoms with van der Waals surface area (Å²) in [5.41, 5.74) is 4.38. The number of benzene rings is 2. The lowest BCUT2D eigenvalue weighted by molar-refractivity contribution is 0.596. The molecule has 0 saturated carbocycles. The highest BCUT2D eigenvalue weighted by Crippen LogP contribution is 2.22. The topological polar surface area (TPSA) is 51.4 Å². The van der Waals surface area contributed by atoms with E-state index in [0.29, 0.717) is 4.80 Å². The Balaban J connectivity index is 2.21. The fourth-order valence-corrected chi connectivity index (χ4v) is 4.66. The van der Waals surface area contributed by atoms with Crippen LogP contribution in [0, 0.1) is 20.8 Å². The largest absolute Gasteiger partial charge is 0.319 e. The first-order valence-corrected chi connectivity index (χ1v) is 9.48. The average molecular weight is 346 g/mol. The lowest BCUT2D eigenvalue weighted by atomic mass is 10.1. The van der Waals surface area contributed by atoms with Crippen LogP contribution in [-0.4, -0.2) is 13.0 Å². The van der Waals surface area contributed by atoms with E-state index in [2.05, 4.69) is 16.5 Å². The smallest absolute Gasteiger partial charge is 0.285 e. The minimum absolute atomic E-state index is 0.216. The molecule has 0 amide bonds. The second-order valence-electron chi connectivity index (χ2n) is 5.73. The molecule has 1 aromatic heterocycles. The molecule has 4 nitrogen and oxygen atoms in total. The van der Waals surface area contributed by atoms with Crippen LogP contribution in [0.1, 0.15) is 16.7 Å². The Morgan fingerprint density at radius 2 is 1.61 bits per heavy atom. The van der Waals surface area contributed by atoms with Crippen LogP contribution in [0.15, 0.2) is 45.7 Å². The molecule has 6 heteroatoms. The van der Waals surface area contributed by atoms with Crippen LogP contribution in [0.3, 0.4) is 0 Å². The molecule has 0 bridgehead atoms. The molecule has 23 heavy (non-hydrogen) atoms. The van der Waals surface area contributed by atoms with Crippen molar-refractivity contribution in [2.24, 2.45) is 11.4 Å². The first-order valence-electron chi connectivity index (χ1n) is 7.22. The van der Waals surface area contributed by atoms with Crippen LogP contribution < -0.4 is 4.80 Å². The van der Waals surface area contributed by atoms with Crippen LogP contribution >= 0.6 is 11.3 Å². The summed E-state index contributed by atoms with van der Waals surface area (Å²) in [6.07, 6.45) is 0. The molecule has 0 unspecified atom stereocenters. The van der Waals surface area contributed by atoms with Gasteiger partial charge in [0.1, 0.15) is 0 Å². The van der Waals surface area contributed by atoms with Gasteiger partial charge in [0.05, 0.1) is 15.1 Å². The normalized spacial score (nSPS) is 13.0. The average Bonchev–Trinajstić information content (AvgIpc) is 2.76. The third kappa shape index (κ3) is 2.96. The summed E-state index contributed by atoms with van der Waals surface area (Å²) in [6.45, 7) is 6.02. The molecule has 0 spiro atoms. The molecule has 120 valence electrons. The monoisotopic (exact) mass is 346 g/mol. The highest BCUT2D eigenvalue weighted by atomic mass is 32.2. The highest BCUT2D eigenvalue weighted by Gasteiger charge is 2.14. The molecule has 3 rings (SSSR count). The van der Waals surface area contributed by atoms with Crippen LogP contribution in [0.25, 0.3) is 10.2 Å². The molecule has 0 saturated heterocycles. The van der Waals surface area contributed by atoms with E-state index in [1.165, 1.54) is 22.5 Å². The zero-order chi connectivity index (χ0) is 16.8. The van der Waals surface area contributed by atoms with Crippen molar-refractivity contribution >= 4 is 31.6 Å². The van der Waals surface area contributed by atoms with Gasteiger partial charge in [-0.2, -0.15) is 8.42 Å². The standard InChI is InChI=1S/C17H18N2O2S2/c1-11-5-7-14(8-6-11)23(20,21)18-17-19(4)15-9-12(2)13(3)10-16(15)22-17/h5-10H,1-4H3. The van der Waals surface area contributed by atoms with Crippen molar-refractivity contribution in [3.8, 4) is 0 Å². The van der Waals surface area contributed by atoms with Crippen LogP contribution in [0.2, 0.25) is 0 Å². The number of hydrogen-bond donors (Lipinski definition) is 0. The minimum Gasteiger partial charge on any atom is -0.319 e. The van der Waals surface area contributed by atoms with Crippen molar-refractivity contribution < 1.29 is 8.42 Å².